The van der Waals surface area contributed by atoms with E-state index < -0.39 is 4.92 Å². The first-order chi connectivity index (χ1) is 17.0. The number of nitro groups is 1. The fourth-order valence-electron chi connectivity index (χ4n) is 3.52. The van der Waals surface area contributed by atoms with Gasteiger partial charge in [0.2, 0.25) is 0 Å². The zero-order valence-corrected chi connectivity index (χ0v) is 20.6. The van der Waals surface area contributed by atoms with E-state index in [0.29, 0.717) is 34.5 Å². The Bertz CT molecular complexity index is 1450. The Labute approximate surface area is 210 Å². The van der Waals surface area contributed by atoms with Crippen LogP contribution in [0.3, 0.4) is 0 Å². The van der Waals surface area contributed by atoms with Crippen LogP contribution in [-0.4, -0.2) is 20.8 Å². The van der Waals surface area contributed by atoms with Gasteiger partial charge in [0.05, 0.1) is 22.0 Å². The molecule has 0 N–H and O–H groups in total. The van der Waals surface area contributed by atoms with Gasteiger partial charge in [-0.1, -0.05) is 41.4 Å². The van der Waals surface area contributed by atoms with Crippen molar-refractivity contribution in [3.63, 3.8) is 0 Å². The van der Waals surface area contributed by atoms with E-state index in [-0.39, 0.29) is 17.9 Å². The molecule has 0 atom stereocenters. The molecule has 0 unspecified atom stereocenters. The third-order valence-corrected chi connectivity index (χ3v) is 5.90. The molecule has 0 aliphatic rings. The van der Waals surface area contributed by atoms with Gasteiger partial charge in [0.15, 0.2) is 0 Å². The summed E-state index contributed by atoms with van der Waals surface area (Å²) in [5.41, 5.74) is 1.92. The van der Waals surface area contributed by atoms with Crippen LogP contribution in [0.15, 0.2) is 81.1 Å². The van der Waals surface area contributed by atoms with Gasteiger partial charge in [0.1, 0.15) is 18.2 Å². The lowest BCUT2D eigenvalue weighted by Gasteiger charge is -2.11. The van der Waals surface area contributed by atoms with Gasteiger partial charge in [-0.15, -0.1) is 0 Å². The lowest BCUT2D eigenvalue weighted by Crippen LogP contribution is -2.22. The predicted octanol–water partition coefficient (Wildman–Crippen LogP) is 5.87. The Kier molecular flexibility index (Phi) is 7.67. The average molecular weight is 535 g/mol. The van der Waals surface area contributed by atoms with Crippen molar-refractivity contribution in [3.05, 3.63) is 109 Å². The summed E-state index contributed by atoms with van der Waals surface area (Å²) in [6, 6.07) is 19.0. The average Bonchev–Trinajstić information content (AvgIpc) is 2.87. The minimum atomic E-state index is -0.437. The van der Waals surface area contributed by atoms with Crippen molar-refractivity contribution < 1.29 is 9.66 Å². The number of aryl methyl sites for hydroxylation is 1. The maximum atomic E-state index is 13.3. The van der Waals surface area contributed by atoms with E-state index in [1.54, 1.807) is 24.4 Å². The maximum absolute atomic E-state index is 13.3. The zero-order chi connectivity index (χ0) is 24.8. The smallest absolute Gasteiger partial charge is 0.282 e. The Hall–Kier alpha value is -3.85. The molecule has 0 radical (unpaired) electrons. The number of para-hydroxylation sites is 1. The molecule has 178 valence electrons. The second-order valence-electron chi connectivity index (χ2n) is 7.90. The van der Waals surface area contributed by atoms with E-state index >= 15 is 0 Å². The van der Waals surface area contributed by atoms with Crippen molar-refractivity contribution in [2.45, 2.75) is 32.8 Å². The van der Waals surface area contributed by atoms with E-state index in [1.165, 1.54) is 16.8 Å². The fourth-order valence-corrected chi connectivity index (χ4v) is 3.89. The second-order valence-corrected chi connectivity index (χ2v) is 8.82. The fraction of sp³-hybridized carbons (Fsp3) is 0.192. The number of hydrogen-bond acceptors (Lipinski definition) is 6. The lowest BCUT2D eigenvalue weighted by molar-refractivity contribution is -0.384. The van der Waals surface area contributed by atoms with E-state index in [0.717, 1.165) is 22.9 Å². The molecule has 4 aromatic rings. The SMILES string of the molecule is CCCCc1nc2ccc(Br)cc2c(=O)n1N=Cc1ccccc1OCc1ccc([N+](=O)[O-])cc1. The summed E-state index contributed by atoms with van der Waals surface area (Å²) in [7, 11) is 0. The highest BCUT2D eigenvalue weighted by Gasteiger charge is 2.11. The molecule has 1 aromatic heterocycles. The van der Waals surface area contributed by atoms with Gasteiger partial charge in [-0.2, -0.15) is 9.78 Å². The number of benzene rings is 3. The predicted molar refractivity (Wildman–Crippen MR) is 139 cm³/mol. The largest absolute Gasteiger partial charge is 0.488 e. The van der Waals surface area contributed by atoms with Crippen LogP contribution < -0.4 is 10.3 Å². The Morgan fingerprint density at radius 2 is 1.91 bits per heavy atom. The molecule has 0 spiro atoms. The highest BCUT2D eigenvalue weighted by molar-refractivity contribution is 9.10. The Morgan fingerprint density at radius 1 is 1.14 bits per heavy atom. The molecule has 0 amide bonds. The first-order valence-electron chi connectivity index (χ1n) is 11.2. The van der Waals surface area contributed by atoms with Crippen molar-refractivity contribution in [1.82, 2.24) is 9.66 Å². The van der Waals surface area contributed by atoms with Gasteiger partial charge >= 0.3 is 0 Å². The molecule has 0 fully saturated rings. The summed E-state index contributed by atoms with van der Waals surface area (Å²) in [5, 5.41) is 15.8. The summed E-state index contributed by atoms with van der Waals surface area (Å²) in [4.78, 5) is 28.4. The highest BCUT2D eigenvalue weighted by Crippen LogP contribution is 2.20. The first-order valence-corrected chi connectivity index (χ1v) is 12.0. The van der Waals surface area contributed by atoms with Crippen LogP contribution in [-0.2, 0) is 13.0 Å². The molecular formula is C26H23BrN4O4. The van der Waals surface area contributed by atoms with Gasteiger partial charge in [0, 0.05) is 28.6 Å². The molecule has 8 nitrogen and oxygen atoms in total. The Balaban J connectivity index is 1.63. The lowest BCUT2D eigenvalue weighted by atomic mass is 10.2. The quantitative estimate of drug-likeness (QED) is 0.152. The zero-order valence-electron chi connectivity index (χ0n) is 19.1. The minimum Gasteiger partial charge on any atom is -0.488 e. The number of non-ortho nitro benzene ring substituents is 1. The van der Waals surface area contributed by atoms with E-state index in [2.05, 4.69) is 28.0 Å². The van der Waals surface area contributed by atoms with Crippen molar-refractivity contribution in [3.8, 4) is 5.75 Å². The molecule has 1 heterocycles. The highest BCUT2D eigenvalue weighted by atomic mass is 79.9. The number of fused-ring (bicyclic) bond motifs is 1. The van der Waals surface area contributed by atoms with Crippen LogP contribution in [0.1, 0.15) is 36.7 Å². The summed E-state index contributed by atoms with van der Waals surface area (Å²) >= 11 is 3.42. The van der Waals surface area contributed by atoms with E-state index in [1.807, 2.05) is 36.4 Å². The number of rotatable bonds is 9. The third-order valence-electron chi connectivity index (χ3n) is 5.40. The molecular weight excluding hydrogens is 512 g/mol. The van der Waals surface area contributed by atoms with Crippen LogP contribution in [0.5, 0.6) is 5.75 Å². The van der Waals surface area contributed by atoms with Crippen molar-refractivity contribution >= 4 is 38.7 Å². The third kappa shape index (κ3) is 5.81. The Morgan fingerprint density at radius 3 is 2.66 bits per heavy atom. The van der Waals surface area contributed by atoms with Crippen LogP contribution in [0.4, 0.5) is 5.69 Å². The van der Waals surface area contributed by atoms with Gasteiger partial charge in [-0.25, -0.2) is 4.98 Å². The van der Waals surface area contributed by atoms with E-state index in [9.17, 15) is 14.9 Å². The number of unbranched alkanes of at least 4 members (excludes halogenated alkanes) is 1. The van der Waals surface area contributed by atoms with Crippen molar-refractivity contribution in [2.24, 2.45) is 5.10 Å². The van der Waals surface area contributed by atoms with Crippen LogP contribution in [0.25, 0.3) is 10.9 Å². The van der Waals surface area contributed by atoms with Crippen molar-refractivity contribution in [2.75, 3.05) is 0 Å². The standard InChI is InChI=1S/C26H23BrN4O4/c1-2-3-8-25-29-23-14-11-20(27)15-22(23)26(32)30(25)28-16-19-6-4-5-7-24(19)35-17-18-9-12-21(13-10-18)31(33)34/h4-7,9-16H,2-3,8,17H2,1H3. The molecule has 9 heteroatoms. The van der Waals surface area contributed by atoms with Crippen molar-refractivity contribution in [1.29, 1.82) is 0 Å². The molecule has 35 heavy (non-hydrogen) atoms. The summed E-state index contributed by atoms with van der Waals surface area (Å²) in [6.07, 6.45) is 4.08. The topological polar surface area (TPSA) is 99.6 Å². The molecule has 0 saturated carbocycles. The van der Waals surface area contributed by atoms with Gasteiger partial charge in [-0.05, 0) is 54.4 Å². The molecule has 4 rings (SSSR count). The molecule has 0 aliphatic carbocycles. The van der Waals surface area contributed by atoms with Crippen LogP contribution in [0, 0.1) is 10.1 Å². The maximum Gasteiger partial charge on any atom is 0.282 e. The van der Waals surface area contributed by atoms with Crippen LogP contribution >= 0.6 is 15.9 Å². The number of aromatic nitrogens is 2. The molecule has 0 saturated heterocycles. The normalized spacial score (nSPS) is 11.3. The molecule has 3 aromatic carbocycles. The number of nitrogens with zero attached hydrogens (tertiary/aromatic N) is 4. The van der Waals surface area contributed by atoms with Gasteiger partial charge in [-0.3, -0.25) is 14.9 Å². The second kappa shape index (κ2) is 11.1. The summed E-state index contributed by atoms with van der Waals surface area (Å²) in [6.45, 7) is 2.32. The van der Waals surface area contributed by atoms with Gasteiger partial charge < -0.3 is 4.74 Å². The monoisotopic (exact) mass is 534 g/mol. The summed E-state index contributed by atoms with van der Waals surface area (Å²) in [5.74, 6) is 1.18. The number of ether oxygens (including phenoxy) is 1. The minimum absolute atomic E-state index is 0.0293. The molecule has 0 aliphatic heterocycles. The first kappa shape index (κ1) is 24.3. The van der Waals surface area contributed by atoms with Gasteiger partial charge in [0.25, 0.3) is 11.2 Å². The summed E-state index contributed by atoms with van der Waals surface area (Å²) < 4.78 is 8.11. The number of halogens is 1. The number of nitro benzene ring substituents is 1. The molecule has 0 bridgehead atoms. The number of hydrogen-bond donors (Lipinski definition) is 0. The van der Waals surface area contributed by atoms with E-state index in [4.69, 9.17) is 9.72 Å². The van der Waals surface area contributed by atoms with Crippen LogP contribution in [0.2, 0.25) is 0 Å².